The summed E-state index contributed by atoms with van der Waals surface area (Å²) in [6.07, 6.45) is 2.25. The third-order valence-electron chi connectivity index (χ3n) is 4.84. The lowest BCUT2D eigenvalue weighted by Gasteiger charge is -2.31. The zero-order valence-electron chi connectivity index (χ0n) is 14.2. The molecule has 1 aliphatic heterocycles. The number of aryl methyl sites for hydroxylation is 2. The third kappa shape index (κ3) is 2.02. The van der Waals surface area contributed by atoms with Crippen molar-refractivity contribution in [1.82, 2.24) is 29.1 Å². The van der Waals surface area contributed by atoms with Crippen LogP contribution in [0.5, 0.6) is 0 Å². The molecule has 0 fully saturated rings. The molecule has 124 valence electrons. The van der Waals surface area contributed by atoms with Crippen LogP contribution >= 0.6 is 0 Å². The van der Waals surface area contributed by atoms with Gasteiger partial charge in [-0.3, -0.25) is 9.36 Å². The van der Waals surface area contributed by atoms with Crippen LogP contribution in [0, 0.1) is 20.8 Å². The van der Waals surface area contributed by atoms with Crippen LogP contribution in [0.4, 0.5) is 5.82 Å². The normalized spacial score (nSPS) is 14.2. The second-order valence-corrected chi connectivity index (χ2v) is 6.24. The Morgan fingerprint density at radius 2 is 1.96 bits per heavy atom. The number of aromatic nitrogens is 6. The Morgan fingerprint density at radius 3 is 2.75 bits per heavy atom. The summed E-state index contributed by atoms with van der Waals surface area (Å²) in [4.78, 5) is 28.0. The molecule has 0 amide bonds. The standard InChI is InChI=1S/C16H19N7O/c1-9-10(2)19-16-17-8-18-23(16)14(9)22-6-5-13-12(7-22)15(24)21(4)11(3)20-13/h8H,5-7H2,1-4H3. The van der Waals surface area contributed by atoms with Gasteiger partial charge in [-0.1, -0.05) is 0 Å². The maximum Gasteiger partial charge on any atom is 0.258 e. The smallest absolute Gasteiger partial charge is 0.258 e. The van der Waals surface area contributed by atoms with E-state index >= 15 is 0 Å². The van der Waals surface area contributed by atoms with Crippen molar-refractivity contribution in [2.75, 3.05) is 11.4 Å². The van der Waals surface area contributed by atoms with Gasteiger partial charge in [-0.25, -0.2) is 9.97 Å². The first-order valence-electron chi connectivity index (χ1n) is 7.94. The summed E-state index contributed by atoms with van der Waals surface area (Å²) in [5, 5.41) is 4.31. The summed E-state index contributed by atoms with van der Waals surface area (Å²) in [6, 6.07) is 0. The summed E-state index contributed by atoms with van der Waals surface area (Å²) < 4.78 is 3.36. The number of nitrogens with zero attached hydrogens (tertiary/aromatic N) is 7. The average molecular weight is 325 g/mol. The van der Waals surface area contributed by atoms with Crippen LogP contribution in [0.3, 0.4) is 0 Å². The van der Waals surface area contributed by atoms with E-state index in [9.17, 15) is 4.79 Å². The zero-order chi connectivity index (χ0) is 17.0. The Bertz CT molecular complexity index is 1020. The van der Waals surface area contributed by atoms with E-state index in [0.717, 1.165) is 47.1 Å². The Kier molecular flexibility index (Phi) is 3.16. The van der Waals surface area contributed by atoms with Gasteiger partial charge in [0.2, 0.25) is 0 Å². The molecule has 0 atom stereocenters. The molecule has 8 heteroatoms. The van der Waals surface area contributed by atoms with Crippen molar-refractivity contribution in [2.24, 2.45) is 7.05 Å². The topological polar surface area (TPSA) is 81.2 Å². The molecule has 0 aliphatic carbocycles. The Hall–Kier alpha value is -2.77. The minimum absolute atomic E-state index is 0.0282. The van der Waals surface area contributed by atoms with E-state index in [4.69, 9.17) is 0 Å². The van der Waals surface area contributed by atoms with E-state index in [1.165, 1.54) is 6.33 Å². The first-order valence-corrected chi connectivity index (χ1v) is 7.94. The van der Waals surface area contributed by atoms with Crippen molar-refractivity contribution in [1.29, 1.82) is 0 Å². The van der Waals surface area contributed by atoms with Crippen LogP contribution in [0.2, 0.25) is 0 Å². The van der Waals surface area contributed by atoms with Crippen molar-refractivity contribution < 1.29 is 0 Å². The number of hydrogen-bond donors (Lipinski definition) is 0. The highest BCUT2D eigenvalue weighted by Crippen LogP contribution is 2.26. The molecular formula is C16H19N7O. The molecule has 0 aromatic carbocycles. The highest BCUT2D eigenvalue weighted by atomic mass is 16.1. The molecule has 0 saturated carbocycles. The van der Waals surface area contributed by atoms with E-state index in [1.807, 2.05) is 20.8 Å². The summed E-state index contributed by atoms with van der Waals surface area (Å²) in [5.41, 5.74) is 3.67. The maximum absolute atomic E-state index is 12.6. The molecule has 4 heterocycles. The fraction of sp³-hybridized carbons (Fsp3) is 0.438. The monoisotopic (exact) mass is 325 g/mol. The fourth-order valence-corrected chi connectivity index (χ4v) is 3.25. The Balaban J connectivity index is 1.87. The highest BCUT2D eigenvalue weighted by Gasteiger charge is 2.25. The first kappa shape index (κ1) is 14.8. The molecule has 24 heavy (non-hydrogen) atoms. The molecular weight excluding hydrogens is 306 g/mol. The van der Waals surface area contributed by atoms with Gasteiger partial charge in [-0.05, 0) is 20.8 Å². The second-order valence-electron chi connectivity index (χ2n) is 6.24. The Morgan fingerprint density at radius 1 is 1.17 bits per heavy atom. The first-order chi connectivity index (χ1) is 11.5. The van der Waals surface area contributed by atoms with E-state index in [0.29, 0.717) is 12.3 Å². The molecule has 1 aliphatic rings. The predicted molar refractivity (Wildman–Crippen MR) is 89.2 cm³/mol. The molecule has 0 unspecified atom stereocenters. The van der Waals surface area contributed by atoms with E-state index < -0.39 is 0 Å². The molecule has 0 saturated heterocycles. The van der Waals surface area contributed by atoms with Gasteiger partial charge in [-0.2, -0.15) is 14.6 Å². The minimum Gasteiger partial charge on any atom is -0.351 e. The quantitative estimate of drug-likeness (QED) is 0.655. The summed E-state index contributed by atoms with van der Waals surface area (Å²) >= 11 is 0. The third-order valence-corrected chi connectivity index (χ3v) is 4.84. The van der Waals surface area contributed by atoms with E-state index in [-0.39, 0.29) is 5.56 Å². The van der Waals surface area contributed by atoms with Gasteiger partial charge in [0, 0.05) is 31.3 Å². The van der Waals surface area contributed by atoms with Crippen LogP contribution < -0.4 is 10.5 Å². The van der Waals surface area contributed by atoms with Crippen LogP contribution in [-0.4, -0.2) is 35.7 Å². The molecule has 0 N–H and O–H groups in total. The van der Waals surface area contributed by atoms with Crippen molar-refractivity contribution in [3.8, 4) is 0 Å². The average Bonchev–Trinajstić information content (AvgIpc) is 3.01. The highest BCUT2D eigenvalue weighted by molar-refractivity contribution is 5.55. The summed E-state index contributed by atoms with van der Waals surface area (Å²) in [7, 11) is 1.77. The largest absolute Gasteiger partial charge is 0.351 e. The Labute approximate surface area is 138 Å². The van der Waals surface area contributed by atoms with Crippen molar-refractivity contribution in [3.05, 3.63) is 45.0 Å². The summed E-state index contributed by atoms with van der Waals surface area (Å²) in [6.45, 7) is 7.17. The fourth-order valence-electron chi connectivity index (χ4n) is 3.25. The van der Waals surface area contributed by atoms with Crippen LogP contribution in [0.15, 0.2) is 11.1 Å². The van der Waals surface area contributed by atoms with E-state index in [2.05, 4.69) is 25.0 Å². The predicted octanol–water partition coefficient (Wildman–Crippen LogP) is 0.706. The number of anilines is 1. The molecule has 3 aromatic rings. The van der Waals surface area contributed by atoms with Crippen LogP contribution in [-0.2, 0) is 20.0 Å². The minimum atomic E-state index is 0.0282. The van der Waals surface area contributed by atoms with Gasteiger partial charge in [0.05, 0.1) is 17.8 Å². The molecule has 0 spiro atoms. The lowest BCUT2D eigenvalue weighted by Crippen LogP contribution is -2.39. The molecule has 0 bridgehead atoms. The van der Waals surface area contributed by atoms with Gasteiger partial charge in [0.25, 0.3) is 11.3 Å². The van der Waals surface area contributed by atoms with Crippen molar-refractivity contribution >= 4 is 11.6 Å². The lowest BCUT2D eigenvalue weighted by molar-refractivity contribution is 0.640. The molecule has 4 rings (SSSR count). The number of rotatable bonds is 1. The number of fused-ring (bicyclic) bond motifs is 2. The van der Waals surface area contributed by atoms with Gasteiger partial charge >= 0.3 is 0 Å². The van der Waals surface area contributed by atoms with Gasteiger partial charge in [-0.15, -0.1) is 0 Å². The molecule has 3 aromatic heterocycles. The van der Waals surface area contributed by atoms with Crippen LogP contribution in [0.1, 0.15) is 28.3 Å². The SMILES string of the molecule is Cc1nc2ncnn2c(N2CCc3nc(C)n(C)c(=O)c3C2)c1C. The molecule has 8 nitrogen and oxygen atoms in total. The van der Waals surface area contributed by atoms with Crippen molar-refractivity contribution in [3.63, 3.8) is 0 Å². The summed E-state index contributed by atoms with van der Waals surface area (Å²) in [5.74, 6) is 2.28. The van der Waals surface area contributed by atoms with Crippen LogP contribution in [0.25, 0.3) is 5.78 Å². The van der Waals surface area contributed by atoms with Crippen molar-refractivity contribution in [2.45, 2.75) is 33.7 Å². The maximum atomic E-state index is 12.6. The lowest BCUT2D eigenvalue weighted by atomic mass is 10.1. The van der Waals surface area contributed by atoms with Gasteiger partial charge in [0.1, 0.15) is 18.0 Å². The second kappa shape index (κ2) is 5.12. The van der Waals surface area contributed by atoms with Gasteiger partial charge in [0.15, 0.2) is 0 Å². The number of hydrogen-bond acceptors (Lipinski definition) is 6. The van der Waals surface area contributed by atoms with Gasteiger partial charge < -0.3 is 4.90 Å². The molecule has 0 radical (unpaired) electrons. The van der Waals surface area contributed by atoms with E-state index in [1.54, 1.807) is 16.1 Å². The zero-order valence-corrected chi connectivity index (χ0v) is 14.2.